The van der Waals surface area contributed by atoms with Crippen LogP contribution in [-0.2, 0) is 20.0 Å². The van der Waals surface area contributed by atoms with Crippen molar-refractivity contribution in [1.82, 2.24) is 25.0 Å². The lowest BCUT2D eigenvalue weighted by molar-refractivity contribution is 0.0946. The Bertz CT molecular complexity index is 743. The van der Waals surface area contributed by atoms with Crippen LogP contribution in [-0.4, -0.2) is 56.4 Å². The average molecular weight is 343 g/mol. The van der Waals surface area contributed by atoms with Gasteiger partial charge in [-0.3, -0.25) is 19.4 Å². The van der Waals surface area contributed by atoms with Gasteiger partial charge in [-0.25, -0.2) is 0 Å². The molecule has 2 aromatic heterocycles. The molecule has 0 radical (unpaired) electrons. The van der Waals surface area contributed by atoms with E-state index in [1.807, 2.05) is 32.4 Å². The Labute approximate surface area is 147 Å². The van der Waals surface area contributed by atoms with E-state index in [1.54, 1.807) is 10.9 Å². The second-order valence-corrected chi connectivity index (χ2v) is 6.66. The summed E-state index contributed by atoms with van der Waals surface area (Å²) in [7, 11) is 1.82. The summed E-state index contributed by atoms with van der Waals surface area (Å²) in [5, 5.41) is 16.9. The fourth-order valence-corrected chi connectivity index (χ4v) is 3.19. The maximum atomic E-state index is 12.5. The Kier molecular flexibility index (Phi) is 5.45. The number of carbonyl (C=O) groups is 1. The van der Waals surface area contributed by atoms with E-state index >= 15 is 0 Å². The van der Waals surface area contributed by atoms with Crippen molar-refractivity contribution in [3.05, 3.63) is 47.0 Å². The fraction of sp³-hybridized carbons (Fsp3) is 0.500. The second kappa shape index (κ2) is 7.76. The van der Waals surface area contributed by atoms with Crippen LogP contribution in [0, 0.1) is 6.92 Å². The molecular weight excluding hydrogens is 318 g/mol. The van der Waals surface area contributed by atoms with E-state index < -0.39 is 0 Å². The third kappa shape index (κ3) is 4.43. The van der Waals surface area contributed by atoms with Gasteiger partial charge < -0.3 is 10.4 Å². The van der Waals surface area contributed by atoms with Crippen molar-refractivity contribution in [2.24, 2.45) is 7.05 Å². The topological polar surface area (TPSA) is 83.3 Å². The number of hydrogen-bond donors (Lipinski definition) is 2. The van der Waals surface area contributed by atoms with Crippen molar-refractivity contribution in [2.45, 2.75) is 32.4 Å². The molecule has 2 N–H and O–H groups in total. The number of pyridine rings is 1. The number of β-amino-alcohol motifs (C(OH)–C–C–N with tert-alkyl or cyclic N) is 1. The predicted octanol–water partition coefficient (Wildman–Crippen LogP) is 0.663. The normalized spacial score (nSPS) is 17.8. The molecule has 1 aliphatic heterocycles. The Balaban J connectivity index is 1.59. The molecule has 0 aliphatic carbocycles. The number of aromatic nitrogens is 3. The molecule has 0 spiro atoms. The number of rotatable bonds is 6. The molecule has 7 heteroatoms. The number of hydrogen-bond acceptors (Lipinski definition) is 5. The van der Waals surface area contributed by atoms with Crippen molar-refractivity contribution in [3.8, 4) is 0 Å². The van der Waals surface area contributed by atoms with Crippen LogP contribution < -0.4 is 5.32 Å². The third-order valence-electron chi connectivity index (χ3n) is 4.59. The highest BCUT2D eigenvalue weighted by Gasteiger charge is 2.23. The van der Waals surface area contributed by atoms with E-state index in [0.717, 1.165) is 30.5 Å². The molecule has 1 saturated heterocycles. The van der Waals surface area contributed by atoms with Crippen LogP contribution in [0.15, 0.2) is 24.7 Å². The molecule has 1 unspecified atom stereocenters. The van der Waals surface area contributed by atoms with E-state index in [-0.39, 0.29) is 12.0 Å². The zero-order chi connectivity index (χ0) is 17.8. The van der Waals surface area contributed by atoms with Gasteiger partial charge in [-0.2, -0.15) is 5.10 Å². The number of nitrogens with zero attached hydrogens (tertiary/aromatic N) is 4. The summed E-state index contributed by atoms with van der Waals surface area (Å²) in [6.07, 6.45) is 6.75. The highest BCUT2D eigenvalue weighted by atomic mass is 16.3. The first kappa shape index (κ1) is 17.6. The summed E-state index contributed by atoms with van der Waals surface area (Å²) in [4.78, 5) is 18.8. The van der Waals surface area contributed by atoms with Gasteiger partial charge in [-0.1, -0.05) is 0 Å². The molecule has 1 aliphatic rings. The van der Waals surface area contributed by atoms with Gasteiger partial charge in [0.15, 0.2) is 5.69 Å². The maximum Gasteiger partial charge on any atom is 0.272 e. The number of aliphatic hydroxyl groups excluding tert-OH is 1. The van der Waals surface area contributed by atoms with Gasteiger partial charge in [0, 0.05) is 57.4 Å². The van der Waals surface area contributed by atoms with Gasteiger partial charge in [0.05, 0.1) is 6.10 Å². The quantitative estimate of drug-likeness (QED) is 0.805. The summed E-state index contributed by atoms with van der Waals surface area (Å²) in [6, 6.07) is 1.97. The molecule has 2 aromatic rings. The summed E-state index contributed by atoms with van der Waals surface area (Å²) in [6.45, 7) is 4.72. The van der Waals surface area contributed by atoms with E-state index in [0.29, 0.717) is 25.3 Å². The Morgan fingerprint density at radius 2 is 2.28 bits per heavy atom. The monoisotopic (exact) mass is 343 g/mol. The lowest BCUT2D eigenvalue weighted by Gasteiger charge is -2.14. The van der Waals surface area contributed by atoms with Crippen LogP contribution in [0.5, 0.6) is 0 Å². The van der Waals surface area contributed by atoms with Gasteiger partial charge in [0.25, 0.3) is 5.91 Å². The standard InChI is InChI=1S/C18H25N5O2/c1-13-3-6-19-9-14(13)4-7-20-18(25)17-15(10-22(2)21-17)11-23-8-5-16(24)12-23/h3,6,9-10,16,24H,4-5,7-8,11-12H2,1-2H3,(H,20,25). The molecule has 7 nitrogen and oxygen atoms in total. The first-order valence-electron chi connectivity index (χ1n) is 8.63. The summed E-state index contributed by atoms with van der Waals surface area (Å²) in [5.41, 5.74) is 3.67. The zero-order valence-corrected chi connectivity index (χ0v) is 14.8. The Morgan fingerprint density at radius 1 is 1.44 bits per heavy atom. The molecule has 3 heterocycles. The highest BCUT2D eigenvalue weighted by Crippen LogP contribution is 2.16. The van der Waals surface area contributed by atoms with Gasteiger partial charge in [0.2, 0.25) is 0 Å². The number of aliphatic hydroxyl groups is 1. The van der Waals surface area contributed by atoms with Crippen LogP contribution in [0.3, 0.4) is 0 Å². The van der Waals surface area contributed by atoms with Crippen molar-refractivity contribution < 1.29 is 9.90 Å². The lowest BCUT2D eigenvalue weighted by Crippen LogP contribution is -2.28. The molecule has 25 heavy (non-hydrogen) atoms. The molecule has 1 fully saturated rings. The lowest BCUT2D eigenvalue weighted by atomic mass is 10.1. The number of amides is 1. The smallest absolute Gasteiger partial charge is 0.272 e. The minimum atomic E-state index is -0.267. The van der Waals surface area contributed by atoms with Gasteiger partial charge in [-0.05, 0) is 37.0 Å². The average Bonchev–Trinajstić information content (AvgIpc) is 3.15. The second-order valence-electron chi connectivity index (χ2n) is 6.66. The van der Waals surface area contributed by atoms with Crippen LogP contribution in [0.2, 0.25) is 0 Å². The van der Waals surface area contributed by atoms with Crippen molar-refractivity contribution >= 4 is 5.91 Å². The highest BCUT2D eigenvalue weighted by molar-refractivity contribution is 5.93. The van der Waals surface area contributed by atoms with Crippen LogP contribution in [0.25, 0.3) is 0 Å². The third-order valence-corrected chi connectivity index (χ3v) is 4.59. The van der Waals surface area contributed by atoms with Crippen molar-refractivity contribution in [1.29, 1.82) is 0 Å². The minimum absolute atomic E-state index is 0.156. The van der Waals surface area contributed by atoms with Gasteiger partial charge in [0.1, 0.15) is 0 Å². The van der Waals surface area contributed by atoms with E-state index in [9.17, 15) is 9.90 Å². The first-order valence-corrected chi connectivity index (χ1v) is 8.63. The summed E-state index contributed by atoms with van der Waals surface area (Å²) >= 11 is 0. The molecule has 1 atom stereocenters. The summed E-state index contributed by atoms with van der Waals surface area (Å²) < 4.78 is 1.67. The Hall–Kier alpha value is -2.25. The van der Waals surface area contributed by atoms with E-state index in [2.05, 4.69) is 20.3 Å². The van der Waals surface area contributed by atoms with Crippen LogP contribution in [0.4, 0.5) is 0 Å². The fourth-order valence-electron chi connectivity index (χ4n) is 3.19. The molecule has 134 valence electrons. The molecular formula is C18H25N5O2. The van der Waals surface area contributed by atoms with Crippen LogP contribution >= 0.6 is 0 Å². The molecule has 0 bridgehead atoms. The number of likely N-dealkylation sites (tertiary alicyclic amines) is 1. The molecule has 1 amide bonds. The predicted molar refractivity (Wildman–Crippen MR) is 94.1 cm³/mol. The van der Waals surface area contributed by atoms with Gasteiger partial charge >= 0.3 is 0 Å². The van der Waals surface area contributed by atoms with Crippen LogP contribution in [0.1, 0.15) is 33.6 Å². The number of aryl methyl sites for hydroxylation is 2. The minimum Gasteiger partial charge on any atom is -0.392 e. The zero-order valence-electron chi connectivity index (χ0n) is 14.8. The number of nitrogens with one attached hydrogen (secondary N) is 1. The largest absolute Gasteiger partial charge is 0.392 e. The maximum absolute atomic E-state index is 12.5. The van der Waals surface area contributed by atoms with E-state index in [4.69, 9.17) is 0 Å². The summed E-state index contributed by atoms with van der Waals surface area (Å²) in [5.74, 6) is -0.156. The van der Waals surface area contributed by atoms with E-state index in [1.165, 1.54) is 5.56 Å². The number of carbonyl (C=O) groups excluding carboxylic acids is 1. The van der Waals surface area contributed by atoms with Crippen molar-refractivity contribution in [2.75, 3.05) is 19.6 Å². The van der Waals surface area contributed by atoms with Crippen molar-refractivity contribution in [3.63, 3.8) is 0 Å². The SMILES string of the molecule is Cc1ccncc1CCNC(=O)c1nn(C)cc1CN1CCC(O)C1. The molecule has 3 rings (SSSR count). The molecule has 0 aromatic carbocycles. The first-order chi connectivity index (χ1) is 12.0. The van der Waals surface area contributed by atoms with Gasteiger partial charge in [-0.15, -0.1) is 0 Å². The molecule has 0 saturated carbocycles. The Morgan fingerprint density at radius 3 is 3.00 bits per heavy atom.